The van der Waals surface area contributed by atoms with E-state index < -0.39 is 0 Å². The van der Waals surface area contributed by atoms with Gasteiger partial charge < -0.3 is 15.2 Å². The van der Waals surface area contributed by atoms with Crippen molar-refractivity contribution >= 4 is 5.91 Å². The molecule has 0 aliphatic carbocycles. The molecule has 0 aromatic carbocycles. The van der Waals surface area contributed by atoms with Crippen molar-refractivity contribution in [1.29, 1.82) is 0 Å². The van der Waals surface area contributed by atoms with E-state index in [4.69, 9.17) is 0 Å². The number of carbonyl (C=O) groups excluding carboxylic acids is 1. The Morgan fingerprint density at radius 3 is 2.69 bits per heavy atom. The van der Waals surface area contributed by atoms with Crippen molar-refractivity contribution in [3.63, 3.8) is 0 Å². The van der Waals surface area contributed by atoms with Gasteiger partial charge in [0.15, 0.2) is 0 Å². The first-order valence-electron chi connectivity index (χ1n) is 5.83. The number of amides is 1. The van der Waals surface area contributed by atoms with Crippen LogP contribution in [0.5, 0.6) is 0 Å². The highest BCUT2D eigenvalue weighted by Crippen LogP contribution is 1.91. The highest BCUT2D eigenvalue weighted by Gasteiger charge is 2.06. The second-order valence-corrected chi connectivity index (χ2v) is 3.93. The molecule has 0 bridgehead atoms. The number of carbonyl (C=O) groups is 1. The smallest absolute Gasteiger partial charge is 0.221 e. The molecule has 0 aliphatic heterocycles. The molecule has 2 N–H and O–H groups in total. The Morgan fingerprint density at radius 1 is 1.38 bits per heavy atom. The standard InChI is InChI=1S/C12H21N3O/c1-3-13-11(2)10-12(16)14-6-9-15-7-4-5-8-15/h4-5,7-8,11,13H,3,6,9-10H2,1-2H3,(H,14,16). The van der Waals surface area contributed by atoms with Gasteiger partial charge in [-0.3, -0.25) is 4.79 Å². The molecule has 0 aliphatic rings. The number of hydrogen-bond donors (Lipinski definition) is 2. The summed E-state index contributed by atoms with van der Waals surface area (Å²) in [5.41, 5.74) is 0. The van der Waals surface area contributed by atoms with Crippen LogP contribution in [0.3, 0.4) is 0 Å². The fourth-order valence-corrected chi connectivity index (χ4v) is 1.61. The van der Waals surface area contributed by atoms with E-state index in [1.165, 1.54) is 0 Å². The molecule has 0 radical (unpaired) electrons. The average Bonchev–Trinajstić information content (AvgIpc) is 2.70. The van der Waals surface area contributed by atoms with Gasteiger partial charge in [-0.25, -0.2) is 0 Å². The first-order valence-corrected chi connectivity index (χ1v) is 5.83. The minimum atomic E-state index is 0.112. The quantitative estimate of drug-likeness (QED) is 0.724. The lowest BCUT2D eigenvalue weighted by atomic mass is 10.2. The molecule has 1 amide bonds. The van der Waals surface area contributed by atoms with Crippen molar-refractivity contribution in [3.05, 3.63) is 24.5 Å². The van der Waals surface area contributed by atoms with Crippen LogP contribution in [0, 0.1) is 0 Å². The second-order valence-electron chi connectivity index (χ2n) is 3.93. The van der Waals surface area contributed by atoms with Gasteiger partial charge in [0.25, 0.3) is 0 Å². The molecule has 0 saturated heterocycles. The highest BCUT2D eigenvalue weighted by molar-refractivity contribution is 5.76. The van der Waals surface area contributed by atoms with Gasteiger partial charge in [-0.15, -0.1) is 0 Å². The summed E-state index contributed by atoms with van der Waals surface area (Å²) in [6.45, 7) is 6.48. The minimum Gasteiger partial charge on any atom is -0.354 e. The fraction of sp³-hybridized carbons (Fsp3) is 0.583. The van der Waals surface area contributed by atoms with Gasteiger partial charge >= 0.3 is 0 Å². The summed E-state index contributed by atoms with van der Waals surface area (Å²) in [6, 6.07) is 4.21. The van der Waals surface area contributed by atoms with Crippen LogP contribution >= 0.6 is 0 Å². The van der Waals surface area contributed by atoms with E-state index in [0.29, 0.717) is 13.0 Å². The Bertz CT molecular complexity index is 295. The Kier molecular flexibility index (Phi) is 5.64. The summed E-state index contributed by atoms with van der Waals surface area (Å²) in [5.74, 6) is 0.112. The lowest BCUT2D eigenvalue weighted by Crippen LogP contribution is -2.34. The SMILES string of the molecule is CCNC(C)CC(=O)NCCn1cccc1. The Hall–Kier alpha value is -1.29. The van der Waals surface area contributed by atoms with Gasteiger partial charge in [-0.05, 0) is 25.6 Å². The molecule has 4 heteroatoms. The van der Waals surface area contributed by atoms with E-state index >= 15 is 0 Å². The van der Waals surface area contributed by atoms with Gasteiger partial charge in [-0.2, -0.15) is 0 Å². The zero-order valence-electron chi connectivity index (χ0n) is 10.1. The van der Waals surface area contributed by atoms with E-state index in [0.717, 1.165) is 13.1 Å². The maximum absolute atomic E-state index is 11.5. The highest BCUT2D eigenvalue weighted by atomic mass is 16.1. The molecule has 0 spiro atoms. The summed E-state index contributed by atoms with van der Waals surface area (Å²) in [7, 11) is 0. The maximum atomic E-state index is 11.5. The number of nitrogens with one attached hydrogen (secondary N) is 2. The first-order chi connectivity index (χ1) is 7.72. The molecule has 1 aromatic heterocycles. The molecule has 1 rings (SSSR count). The largest absolute Gasteiger partial charge is 0.354 e. The number of rotatable bonds is 7. The van der Waals surface area contributed by atoms with Crippen molar-refractivity contribution in [1.82, 2.24) is 15.2 Å². The Morgan fingerprint density at radius 2 is 2.06 bits per heavy atom. The van der Waals surface area contributed by atoms with Gasteiger partial charge in [0.1, 0.15) is 0 Å². The number of hydrogen-bond acceptors (Lipinski definition) is 2. The van der Waals surface area contributed by atoms with E-state index in [2.05, 4.69) is 10.6 Å². The molecule has 1 atom stereocenters. The van der Waals surface area contributed by atoms with Gasteiger partial charge in [0.2, 0.25) is 5.91 Å². The summed E-state index contributed by atoms with van der Waals surface area (Å²) in [5, 5.41) is 6.12. The molecular formula is C12H21N3O. The summed E-state index contributed by atoms with van der Waals surface area (Å²) >= 11 is 0. The third-order valence-corrected chi connectivity index (χ3v) is 2.40. The van der Waals surface area contributed by atoms with Gasteiger partial charge in [0.05, 0.1) is 0 Å². The molecule has 16 heavy (non-hydrogen) atoms. The monoisotopic (exact) mass is 223 g/mol. The minimum absolute atomic E-state index is 0.112. The molecule has 90 valence electrons. The number of nitrogens with zero attached hydrogens (tertiary/aromatic N) is 1. The first kappa shape index (κ1) is 12.8. The number of aromatic nitrogens is 1. The lowest BCUT2D eigenvalue weighted by Gasteiger charge is -2.12. The lowest BCUT2D eigenvalue weighted by molar-refractivity contribution is -0.121. The molecule has 1 aromatic rings. The van der Waals surface area contributed by atoms with Crippen molar-refractivity contribution in [2.24, 2.45) is 0 Å². The van der Waals surface area contributed by atoms with Crippen LogP contribution in [0.25, 0.3) is 0 Å². The molecule has 0 saturated carbocycles. The van der Waals surface area contributed by atoms with E-state index in [-0.39, 0.29) is 11.9 Å². The summed E-state index contributed by atoms with van der Waals surface area (Å²) in [6.07, 6.45) is 4.53. The molecule has 4 nitrogen and oxygen atoms in total. The van der Waals surface area contributed by atoms with Crippen molar-refractivity contribution in [2.45, 2.75) is 32.9 Å². The average molecular weight is 223 g/mol. The molecule has 0 fully saturated rings. The van der Waals surface area contributed by atoms with E-state index in [9.17, 15) is 4.79 Å². The Labute approximate surface area is 97.0 Å². The normalized spacial score (nSPS) is 12.4. The van der Waals surface area contributed by atoms with Crippen LogP contribution < -0.4 is 10.6 Å². The second kappa shape index (κ2) is 7.06. The van der Waals surface area contributed by atoms with Crippen LogP contribution in [0.4, 0.5) is 0 Å². The fourth-order valence-electron chi connectivity index (χ4n) is 1.61. The third kappa shape index (κ3) is 4.98. The van der Waals surface area contributed by atoms with E-state index in [1.54, 1.807) is 0 Å². The van der Waals surface area contributed by atoms with Gasteiger partial charge in [-0.1, -0.05) is 6.92 Å². The Balaban J connectivity index is 2.10. The van der Waals surface area contributed by atoms with Crippen molar-refractivity contribution in [2.75, 3.05) is 13.1 Å². The predicted octanol–water partition coefficient (Wildman–Crippen LogP) is 0.992. The summed E-state index contributed by atoms with van der Waals surface area (Å²) in [4.78, 5) is 11.5. The van der Waals surface area contributed by atoms with Crippen molar-refractivity contribution < 1.29 is 4.79 Å². The summed E-state index contributed by atoms with van der Waals surface area (Å²) < 4.78 is 2.05. The predicted molar refractivity (Wildman–Crippen MR) is 65.2 cm³/mol. The zero-order chi connectivity index (χ0) is 11.8. The molecular weight excluding hydrogens is 202 g/mol. The van der Waals surface area contributed by atoms with Crippen molar-refractivity contribution in [3.8, 4) is 0 Å². The van der Waals surface area contributed by atoms with Crippen LogP contribution in [0.15, 0.2) is 24.5 Å². The van der Waals surface area contributed by atoms with Gasteiger partial charge in [0, 0.05) is 37.9 Å². The van der Waals surface area contributed by atoms with Crippen LogP contribution in [-0.2, 0) is 11.3 Å². The van der Waals surface area contributed by atoms with Crippen LogP contribution in [-0.4, -0.2) is 29.6 Å². The maximum Gasteiger partial charge on any atom is 0.221 e. The molecule has 1 heterocycles. The molecule has 1 unspecified atom stereocenters. The topological polar surface area (TPSA) is 46.1 Å². The third-order valence-electron chi connectivity index (χ3n) is 2.40. The van der Waals surface area contributed by atoms with Crippen LogP contribution in [0.2, 0.25) is 0 Å². The zero-order valence-corrected chi connectivity index (χ0v) is 10.1. The van der Waals surface area contributed by atoms with E-state index in [1.807, 2.05) is 42.9 Å². The van der Waals surface area contributed by atoms with Crippen LogP contribution in [0.1, 0.15) is 20.3 Å².